The van der Waals surface area contributed by atoms with Crippen LogP contribution < -0.4 is 16.2 Å². The minimum Gasteiger partial charge on any atom is -0.358 e. The zero-order chi connectivity index (χ0) is 20.4. The molecule has 4 nitrogen and oxygen atoms in total. The van der Waals surface area contributed by atoms with Crippen molar-refractivity contribution in [3.63, 3.8) is 0 Å². The number of amides is 1. The van der Waals surface area contributed by atoms with Crippen LogP contribution in [0.25, 0.3) is 0 Å². The van der Waals surface area contributed by atoms with Crippen LogP contribution in [0.2, 0.25) is 0 Å². The molecule has 0 unspecified atom stereocenters. The Morgan fingerprint density at radius 3 is 2.21 bits per heavy atom. The number of hydrogen-bond donors (Lipinski definition) is 3. The van der Waals surface area contributed by atoms with Gasteiger partial charge in [-0.3, -0.25) is 15.6 Å². The van der Waals surface area contributed by atoms with Gasteiger partial charge in [0.1, 0.15) is 0 Å². The number of hydrazine groups is 1. The summed E-state index contributed by atoms with van der Waals surface area (Å²) in [6, 6.07) is 0.389. The van der Waals surface area contributed by atoms with Crippen LogP contribution in [0.5, 0.6) is 0 Å². The molecule has 6 heteroatoms. The molecule has 0 spiro atoms. The van der Waals surface area contributed by atoms with Crippen molar-refractivity contribution in [3.05, 3.63) is 45.5 Å². The van der Waals surface area contributed by atoms with E-state index in [4.69, 9.17) is 12.2 Å². The Balaban J connectivity index is 1.41. The van der Waals surface area contributed by atoms with E-state index < -0.39 is 0 Å². The number of fused-ring (bicyclic) bond motifs is 2. The first-order valence-electron chi connectivity index (χ1n) is 9.95. The molecule has 2 bridgehead atoms. The van der Waals surface area contributed by atoms with E-state index in [1.54, 1.807) is 11.8 Å². The highest BCUT2D eigenvalue weighted by Gasteiger charge is 2.35. The molecule has 2 aliphatic carbocycles. The second-order valence-corrected chi connectivity index (χ2v) is 9.52. The molecule has 3 N–H and O–H groups in total. The van der Waals surface area contributed by atoms with Gasteiger partial charge in [-0.05, 0) is 105 Å². The average Bonchev–Trinajstić information content (AvgIpc) is 3.29. The van der Waals surface area contributed by atoms with E-state index in [0.717, 1.165) is 12.2 Å². The van der Waals surface area contributed by atoms with Crippen molar-refractivity contribution in [1.29, 1.82) is 0 Å². The highest BCUT2D eigenvalue weighted by molar-refractivity contribution is 7.99. The van der Waals surface area contributed by atoms with E-state index in [9.17, 15) is 4.79 Å². The molecule has 3 rings (SSSR count). The van der Waals surface area contributed by atoms with E-state index in [-0.39, 0.29) is 5.91 Å². The number of rotatable bonds is 5. The van der Waals surface area contributed by atoms with Crippen molar-refractivity contribution in [2.24, 2.45) is 11.8 Å². The fraction of sp³-hybridized carbons (Fsp3) is 0.545. The van der Waals surface area contributed by atoms with Crippen LogP contribution in [-0.2, 0) is 10.5 Å². The average molecular weight is 418 g/mol. The van der Waals surface area contributed by atoms with E-state index in [2.05, 4.69) is 62.9 Å². The fourth-order valence-corrected chi connectivity index (χ4v) is 5.55. The van der Waals surface area contributed by atoms with Crippen molar-refractivity contribution < 1.29 is 4.79 Å². The normalized spacial score (nSPS) is 22.4. The van der Waals surface area contributed by atoms with Crippen LogP contribution in [-0.4, -0.2) is 22.8 Å². The van der Waals surface area contributed by atoms with Gasteiger partial charge >= 0.3 is 0 Å². The molecule has 0 aromatic heterocycles. The summed E-state index contributed by atoms with van der Waals surface area (Å²) in [7, 11) is 0. The topological polar surface area (TPSA) is 53.2 Å². The van der Waals surface area contributed by atoms with Gasteiger partial charge in [0.05, 0.1) is 5.75 Å². The zero-order valence-electron chi connectivity index (χ0n) is 17.4. The predicted octanol–water partition coefficient (Wildman–Crippen LogP) is 3.92. The molecule has 0 radical (unpaired) electrons. The van der Waals surface area contributed by atoms with Crippen LogP contribution in [0.3, 0.4) is 0 Å². The third kappa shape index (κ3) is 4.54. The van der Waals surface area contributed by atoms with Crippen molar-refractivity contribution in [2.75, 3.05) is 5.75 Å². The molecule has 2 aliphatic rings. The lowest BCUT2D eigenvalue weighted by Crippen LogP contribution is -2.50. The highest BCUT2D eigenvalue weighted by atomic mass is 32.2. The van der Waals surface area contributed by atoms with Crippen molar-refractivity contribution in [3.8, 4) is 0 Å². The number of thiocarbonyl (C=S) groups is 1. The van der Waals surface area contributed by atoms with Gasteiger partial charge in [-0.15, -0.1) is 11.8 Å². The van der Waals surface area contributed by atoms with Gasteiger partial charge in [0, 0.05) is 11.8 Å². The summed E-state index contributed by atoms with van der Waals surface area (Å²) in [5, 5.41) is 3.83. The van der Waals surface area contributed by atoms with Gasteiger partial charge in [0.2, 0.25) is 5.91 Å². The quantitative estimate of drug-likeness (QED) is 0.385. The van der Waals surface area contributed by atoms with Gasteiger partial charge in [-0.1, -0.05) is 12.2 Å². The molecule has 3 atom stereocenters. The van der Waals surface area contributed by atoms with E-state index >= 15 is 0 Å². The number of carbonyl (C=O) groups is 1. The highest BCUT2D eigenvalue weighted by Crippen LogP contribution is 2.38. The van der Waals surface area contributed by atoms with Crippen LogP contribution in [0.4, 0.5) is 0 Å². The minimum absolute atomic E-state index is 0.0575. The van der Waals surface area contributed by atoms with Gasteiger partial charge in [0.25, 0.3) is 0 Å². The Morgan fingerprint density at radius 2 is 1.64 bits per heavy atom. The first-order valence-corrected chi connectivity index (χ1v) is 11.5. The van der Waals surface area contributed by atoms with Crippen molar-refractivity contribution in [1.82, 2.24) is 16.2 Å². The number of carbonyl (C=O) groups excluding carboxylic acids is 1. The molecule has 1 aromatic carbocycles. The van der Waals surface area contributed by atoms with Crippen LogP contribution in [0.1, 0.15) is 46.2 Å². The lowest BCUT2D eigenvalue weighted by Gasteiger charge is -2.22. The van der Waals surface area contributed by atoms with E-state index in [0.29, 0.717) is 28.7 Å². The Hall–Kier alpha value is -1.53. The Labute approximate surface area is 178 Å². The third-order valence-electron chi connectivity index (χ3n) is 6.55. The van der Waals surface area contributed by atoms with Crippen LogP contribution in [0.15, 0.2) is 12.2 Å². The van der Waals surface area contributed by atoms with E-state index in [1.807, 2.05) is 0 Å². The van der Waals surface area contributed by atoms with Crippen molar-refractivity contribution in [2.45, 2.75) is 59.3 Å². The van der Waals surface area contributed by atoms with Crippen LogP contribution in [0, 0.1) is 46.5 Å². The molecular weight excluding hydrogens is 386 g/mol. The summed E-state index contributed by atoms with van der Waals surface area (Å²) < 4.78 is 0. The zero-order valence-corrected chi connectivity index (χ0v) is 19.1. The maximum absolute atomic E-state index is 12.2. The summed E-state index contributed by atoms with van der Waals surface area (Å²) in [5.41, 5.74) is 13.7. The lowest BCUT2D eigenvalue weighted by molar-refractivity contribution is -0.119. The molecule has 1 aromatic rings. The number of allylic oxidation sites excluding steroid dienone is 1. The molecule has 28 heavy (non-hydrogen) atoms. The second kappa shape index (κ2) is 8.87. The lowest BCUT2D eigenvalue weighted by atomic mass is 9.90. The maximum Gasteiger partial charge on any atom is 0.248 e. The smallest absolute Gasteiger partial charge is 0.248 e. The Bertz CT molecular complexity index is 789. The Morgan fingerprint density at radius 1 is 1.00 bits per heavy atom. The molecule has 152 valence electrons. The summed E-state index contributed by atoms with van der Waals surface area (Å²) in [6.07, 6.45) is 6.93. The fourth-order valence-electron chi connectivity index (χ4n) is 4.35. The largest absolute Gasteiger partial charge is 0.358 e. The molecule has 1 fully saturated rings. The molecular formula is C22H31N3OS2. The number of hydrogen-bond acceptors (Lipinski definition) is 3. The first-order chi connectivity index (χ1) is 13.3. The molecule has 0 saturated heterocycles. The standard InChI is InChI=1S/C22H31N3OS2/c1-12-13(2)15(4)19(16(5)14(12)3)10-28-11-21(26)24-25-22(27)23-20-9-17-6-7-18(20)8-17/h6-7,17-18,20H,8-11H2,1-5H3,(H,24,26)(H2,23,25,27)/t17-,18+,20+/m1/s1. The maximum atomic E-state index is 12.2. The number of benzene rings is 1. The van der Waals surface area contributed by atoms with Gasteiger partial charge in [0.15, 0.2) is 5.11 Å². The molecule has 1 amide bonds. The molecule has 1 saturated carbocycles. The Kier molecular flexibility index (Phi) is 6.71. The van der Waals surface area contributed by atoms with E-state index in [1.165, 1.54) is 39.8 Å². The SMILES string of the molecule is Cc1c(C)c(C)c(CSCC(=O)NNC(=S)N[C@H]2C[C@@H]3C=C[C@H]2C3)c(C)c1C. The predicted molar refractivity (Wildman–Crippen MR) is 122 cm³/mol. The summed E-state index contributed by atoms with van der Waals surface area (Å²) >= 11 is 6.96. The van der Waals surface area contributed by atoms with Crippen LogP contribution >= 0.6 is 24.0 Å². The van der Waals surface area contributed by atoms with Gasteiger partial charge in [-0.2, -0.15) is 0 Å². The van der Waals surface area contributed by atoms with Gasteiger partial charge in [-0.25, -0.2) is 0 Å². The number of thioether (sulfide) groups is 1. The molecule has 0 heterocycles. The minimum atomic E-state index is -0.0575. The summed E-state index contributed by atoms with van der Waals surface area (Å²) in [6.45, 7) is 10.9. The third-order valence-corrected chi connectivity index (χ3v) is 7.72. The summed E-state index contributed by atoms with van der Waals surface area (Å²) in [4.78, 5) is 12.2. The second-order valence-electron chi connectivity index (χ2n) is 8.13. The van der Waals surface area contributed by atoms with Crippen molar-refractivity contribution >= 4 is 35.0 Å². The summed E-state index contributed by atoms with van der Waals surface area (Å²) in [5.74, 6) is 2.45. The monoisotopic (exact) mass is 417 g/mol. The number of nitrogens with one attached hydrogen (secondary N) is 3. The first kappa shape index (κ1) is 21.2. The molecule has 0 aliphatic heterocycles. The van der Waals surface area contributed by atoms with Gasteiger partial charge < -0.3 is 5.32 Å².